The molecule has 1 saturated heterocycles. The molecule has 2 rings (SSSR count). The molecule has 1 unspecified atom stereocenters. The predicted octanol–water partition coefficient (Wildman–Crippen LogP) is 1.47. The first-order chi connectivity index (χ1) is 6.77. The summed E-state index contributed by atoms with van der Waals surface area (Å²) in [7, 11) is 0. The second kappa shape index (κ2) is 3.94. The highest BCUT2D eigenvalue weighted by Crippen LogP contribution is 2.21. The van der Waals surface area contributed by atoms with E-state index in [1.807, 2.05) is 0 Å². The van der Waals surface area contributed by atoms with E-state index in [2.05, 4.69) is 5.32 Å². The van der Waals surface area contributed by atoms with Gasteiger partial charge in [-0.15, -0.1) is 0 Å². The highest BCUT2D eigenvalue weighted by molar-refractivity contribution is 5.46. The molecule has 0 bridgehead atoms. The van der Waals surface area contributed by atoms with Crippen LogP contribution in [0.5, 0.6) is 0 Å². The van der Waals surface area contributed by atoms with Crippen molar-refractivity contribution < 1.29 is 9.13 Å². The smallest absolute Gasteiger partial charge is 0.181 e. The zero-order valence-electron chi connectivity index (χ0n) is 7.66. The number of benzene rings is 1. The van der Waals surface area contributed by atoms with E-state index in [-0.39, 0.29) is 11.9 Å². The first kappa shape index (κ1) is 9.43. The normalized spacial score (nSPS) is 22.6. The molecule has 0 spiro atoms. The largest absolute Gasteiger partial charge is 0.375 e. The molecule has 1 aromatic rings. The number of nitrogens with one attached hydrogen (secondary N) is 1. The van der Waals surface area contributed by atoms with Crippen LogP contribution in [-0.2, 0) is 4.74 Å². The van der Waals surface area contributed by atoms with Crippen molar-refractivity contribution in [2.75, 3.05) is 11.9 Å². The number of ether oxygens (including phenoxy) is 1. The van der Waals surface area contributed by atoms with E-state index >= 15 is 0 Å². The molecule has 4 heteroatoms. The molecule has 0 saturated carbocycles. The molecule has 1 aliphatic rings. The quantitative estimate of drug-likeness (QED) is 0.751. The molecule has 3 nitrogen and oxygen atoms in total. The first-order valence-electron chi connectivity index (χ1n) is 4.53. The van der Waals surface area contributed by atoms with E-state index in [1.165, 1.54) is 6.07 Å². The Morgan fingerprint density at radius 2 is 2.21 bits per heavy atom. The third-order valence-electron chi connectivity index (χ3n) is 2.22. The number of nitrogens with two attached hydrogens (primary N) is 1. The summed E-state index contributed by atoms with van der Waals surface area (Å²) in [4.78, 5) is 0. The Balaban J connectivity index is 2.07. The number of anilines is 1. The lowest BCUT2D eigenvalue weighted by molar-refractivity contribution is 0.196. The number of hydrogen-bond acceptors (Lipinski definition) is 3. The zero-order valence-corrected chi connectivity index (χ0v) is 7.66. The van der Waals surface area contributed by atoms with Crippen molar-refractivity contribution in [2.24, 2.45) is 5.73 Å². The van der Waals surface area contributed by atoms with E-state index in [1.54, 1.807) is 18.2 Å². The highest BCUT2D eigenvalue weighted by Gasteiger charge is 2.26. The molecular weight excluding hydrogens is 183 g/mol. The summed E-state index contributed by atoms with van der Waals surface area (Å²) in [5.41, 5.74) is 6.05. The predicted molar refractivity (Wildman–Crippen MR) is 51.8 cm³/mol. The topological polar surface area (TPSA) is 47.3 Å². The zero-order chi connectivity index (χ0) is 9.97. The maximum absolute atomic E-state index is 13.2. The summed E-state index contributed by atoms with van der Waals surface area (Å²) >= 11 is 0. The minimum Gasteiger partial charge on any atom is -0.375 e. The van der Waals surface area contributed by atoms with Gasteiger partial charge < -0.3 is 10.1 Å². The molecule has 0 aromatic heterocycles. The van der Waals surface area contributed by atoms with E-state index in [0.29, 0.717) is 18.5 Å². The summed E-state index contributed by atoms with van der Waals surface area (Å²) in [6.45, 7) is 0.595. The Bertz CT molecular complexity index is 319. The van der Waals surface area contributed by atoms with Crippen LogP contribution in [0.1, 0.15) is 6.42 Å². The second-order valence-electron chi connectivity index (χ2n) is 3.22. The summed E-state index contributed by atoms with van der Waals surface area (Å²) < 4.78 is 18.3. The third-order valence-corrected chi connectivity index (χ3v) is 2.22. The molecule has 1 fully saturated rings. The number of rotatable bonds is 2. The van der Waals surface area contributed by atoms with Gasteiger partial charge in [-0.1, -0.05) is 12.1 Å². The lowest BCUT2D eigenvalue weighted by atomic mass is 10.2. The molecule has 1 aliphatic heterocycles. The van der Waals surface area contributed by atoms with Crippen molar-refractivity contribution in [3.8, 4) is 0 Å². The van der Waals surface area contributed by atoms with Crippen LogP contribution < -0.4 is 11.1 Å². The van der Waals surface area contributed by atoms with Crippen LogP contribution in [0, 0.1) is 12.0 Å². The van der Waals surface area contributed by atoms with Crippen LogP contribution in [0.15, 0.2) is 24.3 Å². The van der Waals surface area contributed by atoms with E-state index in [4.69, 9.17) is 10.5 Å². The van der Waals surface area contributed by atoms with Gasteiger partial charge in [0.25, 0.3) is 0 Å². The van der Waals surface area contributed by atoms with Crippen LogP contribution in [-0.4, -0.2) is 12.6 Å². The lowest BCUT2D eigenvalue weighted by Gasteiger charge is -2.16. The number of halogens is 1. The average Bonchev–Trinajstić information content (AvgIpc) is 2.56. The SMILES string of the molecule is N[C]1OCCC1Nc1ccccc1F. The van der Waals surface area contributed by atoms with Gasteiger partial charge in [0.05, 0.1) is 18.3 Å². The van der Waals surface area contributed by atoms with Crippen molar-refractivity contribution in [3.63, 3.8) is 0 Å². The molecule has 1 radical (unpaired) electrons. The summed E-state index contributed by atoms with van der Waals surface area (Å²) in [6.07, 6.45) is 1.22. The van der Waals surface area contributed by atoms with Gasteiger partial charge in [0, 0.05) is 0 Å². The third kappa shape index (κ3) is 1.86. The fourth-order valence-electron chi connectivity index (χ4n) is 1.45. The lowest BCUT2D eigenvalue weighted by Crippen LogP contribution is -2.29. The summed E-state index contributed by atoms with van der Waals surface area (Å²) in [6, 6.07) is 6.44. The fraction of sp³-hybridized carbons (Fsp3) is 0.300. The van der Waals surface area contributed by atoms with Crippen molar-refractivity contribution in [1.82, 2.24) is 0 Å². The molecule has 0 amide bonds. The van der Waals surface area contributed by atoms with E-state index in [0.717, 1.165) is 6.42 Å². The summed E-state index contributed by atoms with van der Waals surface area (Å²) in [5, 5.41) is 3.00. The van der Waals surface area contributed by atoms with Gasteiger partial charge in [0.2, 0.25) is 0 Å². The van der Waals surface area contributed by atoms with Crippen molar-refractivity contribution >= 4 is 5.69 Å². The minimum atomic E-state index is -0.271. The van der Waals surface area contributed by atoms with Gasteiger partial charge >= 0.3 is 0 Å². The second-order valence-corrected chi connectivity index (χ2v) is 3.22. The first-order valence-corrected chi connectivity index (χ1v) is 4.53. The van der Waals surface area contributed by atoms with Gasteiger partial charge in [-0.05, 0) is 18.6 Å². The molecule has 75 valence electrons. The standard InChI is InChI=1S/C10H12FN2O/c11-7-3-1-2-4-8(7)13-9-5-6-14-10(9)12/h1-4,9,13H,5-6,12H2. The monoisotopic (exact) mass is 195 g/mol. The molecule has 3 N–H and O–H groups in total. The van der Waals surface area contributed by atoms with E-state index < -0.39 is 0 Å². The molecule has 1 heterocycles. The van der Waals surface area contributed by atoms with Crippen LogP contribution in [0.25, 0.3) is 0 Å². The number of para-hydroxylation sites is 1. The van der Waals surface area contributed by atoms with Crippen LogP contribution in [0.2, 0.25) is 0 Å². The van der Waals surface area contributed by atoms with Gasteiger partial charge in [0.1, 0.15) is 5.82 Å². The maximum atomic E-state index is 13.2. The van der Waals surface area contributed by atoms with Gasteiger partial charge in [-0.25, -0.2) is 4.39 Å². The maximum Gasteiger partial charge on any atom is 0.181 e. The summed E-state index contributed by atoms with van der Waals surface area (Å²) in [5.74, 6) is -0.271. The van der Waals surface area contributed by atoms with Crippen LogP contribution in [0.4, 0.5) is 10.1 Å². The van der Waals surface area contributed by atoms with Crippen molar-refractivity contribution in [1.29, 1.82) is 0 Å². The Morgan fingerprint density at radius 1 is 1.43 bits per heavy atom. The van der Waals surface area contributed by atoms with Crippen molar-refractivity contribution in [2.45, 2.75) is 12.5 Å². The molecule has 1 aromatic carbocycles. The fourth-order valence-corrected chi connectivity index (χ4v) is 1.45. The van der Waals surface area contributed by atoms with Crippen LogP contribution in [0.3, 0.4) is 0 Å². The highest BCUT2D eigenvalue weighted by atomic mass is 19.1. The number of hydrogen-bond donors (Lipinski definition) is 2. The van der Waals surface area contributed by atoms with Crippen molar-refractivity contribution in [3.05, 3.63) is 36.3 Å². The molecule has 14 heavy (non-hydrogen) atoms. The van der Waals surface area contributed by atoms with E-state index in [9.17, 15) is 4.39 Å². The van der Waals surface area contributed by atoms with Crippen LogP contribution >= 0.6 is 0 Å². The molecule has 1 atom stereocenters. The Kier molecular flexibility index (Phi) is 2.65. The Labute approximate surface area is 82.1 Å². The Hall–Kier alpha value is -1.13. The minimum absolute atomic E-state index is 0.0769. The van der Waals surface area contributed by atoms with Gasteiger partial charge in [-0.2, -0.15) is 0 Å². The van der Waals surface area contributed by atoms with Gasteiger partial charge in [0.15, 0.2) is 6.23 Å². The average molecular weight is 195 g/mol. The Morgan fingerprint density at radius 3 is 2.86 bits per heavy atom. The molecule has 0 aliphatic carbocycles. The molecular formula is C10H12FN2O. The van der Waals surface area contributed by atoms with Gasteiger partial charge in [-0.3, -0.25) is 5.73 Å².